The smallest absolute Gasteiger partial charge is 0.264 e. The van der Waals surface area contributed by atoms with Gasteiger partial charge in [0.15, 0.2) is 0 Å². The highest BCUT2D eigenvalue weighted by Crippen LogP contribution is 2.31. The van der Waals surface area contributed by atoms with Gasteiger partial charge in [-0.05, 0) is 35.9 Å². The van der Waals surface area contributed by atoms with Gasteiger partial charge in [0.1, 0.15) is 22.2 Å². The SMILES string of the molecule is COc1ncc(-c2ccn3ncc(C#CC(C)C)c3c2)cc1NS(=O)(=O)c1ccc(F)cc1F. The minimum absolute atomic E-state index is 0.00284. The minimum atomic E-state index is -4.38. The van der Waals surface area contributed by atoms with Crippen molar-refractivity contribution in [2.45, 2.75) is 18.7 Å². The monoisotopic (exact) mass is 482 g/mol. The Bertz CT molecular complexity index is 1550. The van der Waals surface area contributed by atoms with Gasteiger partial charge < -0.3 is 4.74 Å². The second-order valence-corrected chi connectivity index (χ2v) is 9.34. The summed E-state index contributed by atoms with van der Waals surface area (Å²) in [5, 5.41) is 4.30. The molecule has 0 saturated carbocycles. The minimum Gasteiger partial charge on any atom is -0.480 e. The van der Waals surface area contributed by atoms with Crippen molar-refractivity contribution >= 4 is 21.2 Å². The number of hydrogen-bond acceptors (Lipinski definition) is 5. The fourth-order valence-electron chi connectivity index (χ4n) is 3.22. The molecule has 0 aliphatic rings. The van der Waals surface area contributed by atoms with Gasteiger partial charge in [0, 0.05) is 29.9 Å². The number of nitrogens with one attached hydrogen (secondary N) is 1. The van der Waals surface area contributed by atoms with Crippen LogP contribution in [-0.2, 0) is 10.0 Å². The largest absolute Gasteiger partial charge is 0.480 e. The van der Waals surface area contributed by atoms with Crippen molar-refractivity contribution in [3.63, 3.8) is 0 Å². The Morgan fingerprint density at radius 2 is 1.88 bits per heavy atom. The molecular weight excluding hydrogens is 462 g/mol. The molecule has 4 aromatic rings. The zero-order valence-corrected chi connectivity index (χ0v) is 19.3. The number of ether oxygens (including phenoxy) is 1. The maximum atomic E-state index is 14.1. The van der Waals surface area contributed by atoms with Crippen LogP contribution in [-0.4, -0.2) is 30.1 Å². The van der Waals surface area contributed by atoms with Crippen LogP contribution in [0.2, 0.25) is 0 Å². The van der Waals surface area contributed by atoms with Crippen molar-refractivity contribution < 1.29 is 21.9 Å². The summed E-state index contributed by atoms with van der Waals surface area (Å²) in [7, 11) is -3.05. The molecule has 7 nitrogen and oxygen atoms in total. The summed E-state index contributed by atoms with van der Waals surface area (Å²) in [5.41, 5.74) is 2.83. The lowest BCUT2D eigenvalue weighted by atomic mass is 10.1. The van der Waals surface area contributed by atoms with Crippen LogP contribution >= 0.6 is 0 Å². The van der Waals surface area contributed by atoms with Gasteiger partial charge >= 0.3 is 0 Å². The Morgan fingerprint density at radius 1 is 1.09 bits per heavy atom. The van der Waals surface area contributed by atoms with Crippen LogP contribution in [0.25, 0.3) is 16.6 Å². The molecule has 10 heteroatoms. The van der Waals surface area contributed by atoms with Crippen LogP contribution in [0.5, 0.6) is 5.88 Å². The fourth-order valence-corrected chi connectivity index (χ4v) is 4.33. The van der Waals surface area contributed by atoms with E-state index in [1.807, 2.05) is 19.9 Å². The maximum absolute atomic E-state index is 14.1. The predicted octanol–water partition coefficient (Wildman–Crippen LogP) is 4.49. The molecule has 1 N–H and O–H groups in total. The lowest BCUT2D eigenvalue weighted by Crippen LogP contribution is -2.15. The molecule has 0 radical (unpaired) electrons. The lowest BCUT2D eigenvalue weighted by Gasteiger charge is -2.13. The van der Waals surface area contributed by atoms with Crippen LogP contribution in [0, 0.1) is 29.4 Å². The maximum Gasteiger partial charge on any atom is 0.264 e. The van der Waals surface area contributed by atoms with Gasteiger partial charge in [-0.15, -0.1) is 0 Å². The van der Waals surface area contributed by atoms with E-state index in [2.05, 4.69) is 26.6 Å². The Kier molecular flexibility index (Phi) is 6.22. The topological polar surface area (TPSA) is 85.6 Å². The lowest BCUT2D eigenvalue weighted by molar-refractivity contribution is 0.400. The van der Waals surface area contributed by atoms with Crippen LogP contribution in [0.3, 0.4) is 0 Å². The number of benzene rings is 1. The molecule has 3 aromatic heterocycles. The van der Waals surface area contributed by atoms with Crippen molar-refractivity contribution in [1.29, 1.82) is 0 Å². The van der Waals surface area contributed by atoms with Gasteiger partial charge in [-0.25, -0.2) is 26.7 Å². The van der Waals surface area contributed by atoms with Crippen molar-refractivity contribution in [2.75, 3.05) is 11.8 Å². The molecule has 1 aromatic carbocycles. The van der Waals surface area contributed by atoms with Gasteiger partial charge in [0.25, 0.3) is 10.0 Å². The van der Waals surface area contributed by atoms with E-state index in [4.69, 9.17) is 4.74 Å². The Balaban J connectivity index is 1.75. The van der Waals surface area contributed by atoms with E-state index < -0.39 is 26.6 Å². The van der Waals surface area contributed by atoms with Gasteiger partial charge in [-0.3, -0.25) is 4.72 Å². The Hall–Kier alpha value is -3.97. The zero-order chi connectivity index (χ0) is 24.5. The first kappa shape index (κ1) is 23.2. The van der Waals surface area contributed by atoms with E-state index >= 15 is 0 Å². The van der Waals surface area contributed by atoms with E-state index in [0.717, 1.165) is 28.8 Å². The summed E-state index contributed by atoms with van der Waals surface area (Å²) in [6.45, 7) is 3.99. The van der Waals surface area contributed by atoms with Gasteiger partial charge in [-0.1, -0.05) is 25.7 Å². The highest BCUT2D eigenvalue weighted by molar-refractivity contribution is 7.92. The molecule has 4 rings (SSSR count). The fraction of sp³-hybridized carbons (Fsp3) is 0.167. The molecule has 0 saturated heterocycles. The summed E-state index contributed by atoms with van der Waals surface area (Å²) in [4.78, 5) is 3.49. The van der Waals surface area contributed by atoms with Gasteiger partial charge in [0.2, 0.25) is 5.88 Å². The number of sulfonamides is 1. The molecule has 0 aliphatic heterocycles. The number of hydrogen-bond donors (Lipinski definition) is 1. The Morgan fingerprint density at radius 3 is 2.59 bits per heavy atom. The summed E-state index contributed by atoms with van der Waals surface area (Å²) in [6.07, 6.45) is 4.96. The third-order valence-corrected chi connectivity index (χ3v) is 6.22. The number of pyridine rings is 2. The molecule has 0 spiro atoms. The van der Waals surface area contributed by atoms with Crippen molar-refractivity contribution in [1.82, 2.24) is 14.6 Å². The van der Waals surface area contributed by atoms with Gasteiger partial charge in [-0.2, -0.15) is 5.10 Å². The number of anilines is 1. The van der Waals surface area contributed by atoms with E-state index in [9.17, 15) is 17.2 Å². The third kappa shape index (κ3) is 4.70. The summed E-state index contributed by atoms with van der Waals surface area (Å²) < 4.78 is 62.0. The highest BCUT2D eigenvalue weighted by atomic mass is 32.2. The van der Waals surface area contributed by atoms with E-state index in [1.165, 1.54) is 19.4 Å². The molecule has 0 bridgehead atoms. The standard InChI is InChI=1S/C24H20F2N4O3S/c1-15(2)4-5-17-14-28-30-9-8-16(11-22(17)30)18-10-21(24(33-3)27-13-18)29-34(31,32)23-7-6-19(25)12-20(23)26/h6-15,29H,1-3H3. The number of nitrogens with zero attached hydrogens (tertiary/aromatic N) is 3. The molecule has 0 amide bonds. The molecule has 0 atom stereocenters. The van der Waals surface area contributed by atoms with Crippen LogP contribution in [0.15, 0.2) is 59.9 Å². The first-order valence-corrected chi connectivity index (χ1v) is 11.7. The van der Waals surface area contributed by atoms with E-state index in [0.29, 0.717) is 11.6 Å². The first-order valence-electron chi connectivity index (χ1n) is 10.2. The number of halogens is 2. The predicted molar refractivity (Wildman–Crippen MR) is 124 cm³/mol. The van der Waals surface area contributed by atoms with Crippen molar-refractivity contribution in [2.24, 2.45) is 5.92 Å². The Labute approximate surface area is 195 Å². The summed E-state index contributed by atoms with van der Waals surface area (Å²) in [6, 6.07) is 7.39. The van der Waals surface area contributed by atoms with E-state index in [1.54, 1.807) is 23.0 Å². The molecule has 0 unspecified atom stereocenters. The molecule has 174 valence electrons. The molecule has 0 aliphatic carbocycles. The van der Waals surface area contributed by atoms with Crippen molar-refractivity contribution in [3.8, 4) is 28.8 Å². The van der Waals surface area contributed by atoms with Gasteiger partial charge in [0.05, 0.1) is 24.4 Å². The normalized spacial score (nSPS) is 11.4. The highest BCUT2D eigenvalue weighted by Gasteiger charge is 2.22. The number of methoxy groups -OCH3 is 1. The first-order chi connectivity index (χ1) is 16.2. The quantitative estimate of drug-likeness (QED) is 0.424. The zero-order valence-electron chi connectivity index (χ0n) is 18.5. The second kappa shape index (κ2) is 9.11. The molecule has 3 heterocycles. The molecular formula is C24H20F2N4O3S. The number of fused-ring (bicyclic) bond motifs is 1. The number of aromatic nitrogens is 3. The summed E-state index contributed by atoms with van der Waals surface area (Å²) >= 11 is 0. The van der Waals surface area contributed by atoms with Crippen LogP contribution in [0.1, 0.15) is 19.4 Å². The van der Waals surface area contributed by atoms with E-state index in [-0.39, 0.29) is 17.5 Å². The average Bonchev–Trinajstić information content (AvgIpc) is 3.19. The van der Waals surface area contributed by atoms with Crippen LogP contribution in [0.4, 0.5) is 14.5 Å². The summed E-state index contributed by atoms with van der Waals surface area (Å²) in [5.74, 6) is 4.31. The van der Waals surface area contributed by atoms with Crippen LogP contribution < -0.4 is 9.46 Å². The average molecular weight is 483 g/mol. The second-order valence-electron chi connectivity index (χ2n) is 7.69. The molecule has 0 fully saturated rings. The molecule has 34 heavy (non-hydrogen) atoms. The van der Waals surface area contributed by atoms with Crippen molar-refractivity contribution in [3.05, 3.63) is 72.2 Å². The number of rotatable bonds is 5. The third-order valence-electron chi connectivity index (χ3n) is 4.82.